The molecule has 1 amide bonds. The summed E-state index contributed by atoms with van der Waals surface area (Å²) in [5, 5.41) is 21.5. The fourth-order valence-electron chi connectivity index (χ4n) is 2.84. The van der Waals surface area contributed by atoms with Gasteiger partial charge in [-0.15, -0.1) is 11.3 Å². The van der Waals surface area contributed by atoms with Crippen molar-refractivity contribution >= 4 is 23.2 Å². The van der Waals surface area contributed by atoms with Gasteiger partial charge in [-0.05, 0) is 26.0 Å². The molecule has 3 heterocycles. The first kappa shape index (κ1) is 19.1. The Kier molecular flexibility index (Phi) is 5.03. The number of rotatable bonds is 5. The van der Waals surface area contributed by atoms with Crippen LogP contribution in [0.2, 0.25) is 0 Å². The van der Waals surface area contributed by atoms with Crippen molar-refractivity contribution in [2.75, 3.05) is 6.61 Å². The Labute approximate surface area is 158 Å². The van der Waals surface area contributed by atoms with Gasteiger partial charge in [-0.3, -0.25) is 19.0 Å². The Bertz CT molecular complexity index is 962. The number of thiophene rings is 1. The van der Waals surface area contributed by atoms with Gasteiger partial charge in [-0.2, -0.15) is 0 Å². The highest BCUT2D eigenvalue weighted by atomic mass is 32.1. The van der Waals surface area contributed by atoms with Gasteiger partial charge in [0.25, 0.3) is 11.5 Å². The molecular weight excluding hydrogens is 374 g/mol. The summed E-state index contributed by atoms with van der Waals surface area (Å²) in [6, 6.07) is 3.40. The first-order valence-electron chi connectivity index (χ1n) is 8.25. The first-order chi connectivity index (χ1) is 12.7. The number of ether oxygens (including phenoxy) is 1. The number of aromatic nitrogens is 2. The third kappa shape index (κ3) is 3.86. The van der Waals surface area contributed by atoms with Gasteiger partial charge >= 0.3 is 5.97 Å². The normalized spacial score (nSPS) is 15.2. The van der Waals surface area contributed by atoms with Crippen LogP contribution in [0.4, 0.5) is 0 Å². The third-order valence-corrected chi connectivity index (χ3v) is 5.23. The maximum absolute atomic E-state index is 12.5. The number of carbonyl (C=O) groups is 2. The number of nitrogens with one attached hydrogen (secondary N) is 1. The monoisotopic (exact) mass is 393 g/mol. The molecular formula is C17H19N3O6S. The van der Waals surface area contributed by atoms with Crippen molar-refractivity contribution in [1.29, 1.82) is 0 Å². The first-order valence-corrected chi connectivity index (χ1v) is 9.06. The molecule has 0 unspecified atom stereocenters. The summed E-state index contributed by atoms with van der Waals surface area (Å²) >= 11 is 1.26. The minimum Gasteiger partial charge on any atom is -0.501 e. The van der Waals surface area contributed by atoms with Crippen LogP contribution in [0.3, 0.4) is 0 Å². The summed E-state index contributed by atoms with van der Waals surface area (Å²) in [5.41, 5.74) is -1.90. The molecule has 10 heteroatoms. The molecule has 9 nitrogen and oxygen atoms in total. The zero-order valence-electron chi connectivity index (χ0n) is 14.8. The van der Waals surface area contributed by atoms with Crippen LogP contribution >= 0.6 is 11.3 Å². The largest absolute Gasteiger partial charge is 0.501 e. The lowest BCUT2D eigenvalue weighted by molar-refractivity contribution is -0.136. The van der Waals surface area contributed by atoms with Crippen LogP contribution in [-0.4, -0.2) is 38.2 Å². The molecule has 144 valence electrons. The highest BCUT2D eigenvalue weighted by Gasteiger charge is 2.34. The second kappa shape index (κ2) is 7.12. The average molecular weight is 393 g/mol. The Morgan fingerprint density at radius 3 is 2.78 bits per heavy atom. The Balaban J connectivity index is 1.81. The van der Waals surface area contributed by atoms with Gasteiger partial charge in [0.05, 0.1) is 26.1 Å². The van der Waals surface area contributed by atoms with Crippen LogP contribution in [0, 0.1) is 0 Å². The van der Waals surface area contributed by atoms with Gasteiger partial charge in [0.15, 0.2) is 5.69 Å². The lowest BCUT2D eigenvalue weighted by Crippen LogP contribution is -2.42. The Hall–Kier alpha value is -2.72. The summed E-state index contributed by atoms with van der Waals surface area (Å²) in [6.07, 6.45) is -0.0857. The fraction of sp³-hybridized carbons (Fsp3) is 0.412. The molecule has 1 aliphatic heterocycles. The van der Waals surface area contributed by atoms with E-state index in [4.69, 9.17) is 9.84 Å². The van der Waals surface area contributed by atoms with E-state index in [9.17, 15) is 19.5 Å². The Morgan fingerprint density at radius 2 is 2.07 bits per heavy atom. The van der Waals surface area contributed by atoms with Gasteiger partial charge in [0, 0.05) is 9.75 Å². The molecule has 0 aromatic carbocycles. The number of hydrogen-bond acceptors (Lipinski definition) is 7. The number of carbonyl (C=O) groups excluding carboxylic acids is 1. The molecule has 2 aromatic heterocycles. The maximum Gasteiger partial charge on any atom is 0.308 e. The molecule has 27 heavy (non-hydrogen) atoms. The summed E-state index contributed by atoms with van der Waals surface area (Å²) < 4.78 is 6.92. The average Bonchev–Trinajstić information content (AvgIpc) is 3.02. The van der Waals surface area contributed by atoms with Crippen molar-refractivity contribution in [3.8, 4) is 5.75 Å². The zero-order valence-corrected chi connectivity index (χ0v) is 15.6. The van der Waals surface area contributed by atoms with E-state index in [1.54, 1.807) is 26.0 Å². The van der Waals surface area contributed by atoms with E-state index in [1.807, 2.05) is 0 Å². The molecule has 0 bridgehead atoms. The summed E-state index contributed by atoms with van der Waals surface area (Å²) in [6.45, 7) is 4.16. The van der Waals surface area contributed by atoms with Gasteiger partial charge in [-0.1, -0.05) is 0 Å². The van der Waals surface area contributed by atoms with Crippen molar-refractivity contribution < 1.29 is 24.5 Å². The lowest BCUT2D eigenvalue weighted by Gasteiger charge is -2.32. The highest BCUT2D eigenvalue weighted by molar-refractivity contribution is 7.12. The minimum atomic E-state index is -0.930. The number of fused-ring (bicyclic) bond motifs is 1. The van der Waals surface area contributed by atoms with Crippen molar-refractivity contribution in [1.82, 2.24) is 14.9 Å². The number of nitrogens with zero attached hydrogens (tertiary/aromatic N) is 2. The smallest absolute Gasteiger partial charge is 0.308 e. The van der Waals surface area contributed by atoms with Gasteiger partial charge in [0.1, 0.15) is 11.4 Å². The van der Waals surface area contributed by atoms with Crippen molar-refractivity contribution in [3.05, 3.63) is 43.8 Å². The SMILES string of the molecule is CC1(C)OCCn2c1nc(C(=O)NCc1ccc(CC(=O)O)s1)c(O)c2=O. The third-order valence-electron chi connectivity index (χ3n) is 4.14. The molecule has 0 fully saturated rings. The van der Waals surface area contributed by atoms with Gasteiger partial charge in [-0.25, -0.2) is 4.98 Å². The lowest BCUT2D eigenvalue weighted by atomic mass is 10.1. The predicted molar refractivity (Wildman–Crippen MR) is 96.0 cm³/mol. The summed E-state index contributed by atoms with van der Waals surface area (Å²) in [5.74, 6) is -2.04. The number of aromatic hydroxyl groups is 1. The van der Waals surface area contributed by atoms with Crippen LogP contribution in [0.15, 0.2) is 16.9 Å². The van der Waals surface area contributed by atoms with Crippen molar-refractivity contribution in [3.63, 3.8) is 0 Å². The van der Waals surface area contributed by atoms with Gasteiger partial charge in [0.2, 0.25) is 5.75 Å². The number of carboxylic acids is 1. The number of aliphatic carboxylic acids is 1. The zero-order chi connectivity index (χ0) is 19.8. The highest BCUT2D eigenvalue weighted by Crippen LogP contribution is 2.27. The molecule has 0 aliphatic carbocycles. The number of amides is 1. The predicted octanol–water partition coefficient (Wildman–Crippen LogP) is 0.833. The van der Waals surface area contributed by atoms with E-state index in [2.05, 4.69) is 10.3 Å². The van der Waals surface area contributed by atoms with Crippen molar-refractivity contribution in [2.24, 2.45) is 0 Å². The van der Waals surface area contributed by atoms with E-state index in [0.29, 0.717) is 11.5 Å². The van der Waals surface area contributed by atoms with Gasteiger partial charge < -0.3 is 20.3 Å². The molecule has 3 rings (SSSR count). The summed E-state index contributed by atoms with van der Waals surface area (Å²) in [7, 11) is 0. The van der Waals surface area contributed by atoms with E-state index >= 15 is 0 Å². The molecule has 0 radical (unpaired) electrons. The minimum absolute atomic E-state index is 0.0857. The van der Waals surface area contributed by atoms with Crippen LogP contribution < -0.4 is 10.9 Å². The standard InChI is InChI=1S/C17H19N3O6S/c1-17(2)16-19-12(13(23)15(25)20(16)5-6-26-17)14(24)18-8-10-4-3-9(27-10)7-11(21)22/h3-4,23H,5-8H2,1-2H3,(H,18,24)(H,21,22). The fourth-order valence-corrected chi connectivity index (χ4v) is 3.79. The van der Waals surface area contributed by atoms with Crippen LogP contribution in [0.5, 0.6) is 5.75 Å². The van der Waals surface area contributed by atoms with E-state index in [-0.39, 0.29) is 31.0 Å². The van der Waals surface area contributed by atoms with Crippen LogP contribution in [0.25, 0.3) is 0 Å². The molecule has 0 saturated heterocycles. The maximum atomic E-state index is 12.5. The molecule has 3 N–H and O–H groups in total. The van der Waals surface area contributed by atoms with Crippen molar-refractivity contribution in [2.45, 2.75) is 39.0 Å². The van der Waals surface area contributed by atoms with Crippen LogP contribution in [0.1, 0.15) is 39.9 Å². The van der Waals surface area contributed by atoms with E-state index in [1.165, 1.54) is 15.9 Å². The van der Waals surface area contributed by atoms with Crippen LogP contribution in [-0.2, 0) is 34.6 Å². The second-order valence-corrected chi connectivity index (χ2v) is 7.82. The van der Waals surface area contributed by atoms with E-state index in [0.717, 1.165) is 4.88 Å². The molecule has 0 saturated carbocycles. The quantitative estimate of drug-likeness (QED) is 0.686. The van der Waals surface area contributed by atoms with E-state index < -0.39 is 28.8 Å². The molecule has 0 spiro atoms. The molecule has 1 aliphatic rings. The topological polar surface area (TPSA) is 131 Å². The number of carboxylic acid groups (broad SMARTS) is 1. The molecule has 0 atom stereocenters. The second-order valence-electron chi connectivity index (χ2n) is 6.57. The molecule has 2 aromatic rings. The number of hydrogen-bond donors (Lipinski definition) is 3. The summed E-state index contributed by atoms with van der Waals surface area (Å²) in [4.78, 5) is 41.2. The Morgan fingerprint density at radius 1 is 1.37 bits per heavy atom.